The van der Waals surface area contributed by atoms with Gasteiger partial charge >= 0.3 is 0 Å². The first-order chi connectivity index (χ1) is 18.3. The molecule has 0 saturated heterocycles. The molecule has 1 saturated carbocycles. The van der Waals surface area contributed by atoms with Crippen molar-refractivity contribution in [1.82, 2.24) is 15.5 Å². The summed E-state index contributed by atoms with van der Waals surface area (Å²) in [6.07, 6.45) is 5.77. The van der Waals surface area contributed by atoms with E-state index in [0.29, 0.717) is 31.4 Å². The van der Waals surface area contributed by atoms with Gasteiger partial charge in [-0.25, -0.2) is 4.39 Å². The number of nitrogens with one attached hydrogen (secondary N) is 2. The Labute approximate surface area is 225 Å². The van der Waals surface area contributed by atoms with Crippen molar-refractivity contribution >= 4 is 17.6 Å². The Hall–Kier alpha value is -3.06. The third-order valence-electron chi connectivity index (χ3n) is 7.75. The van der Waals surface area contributed by atoms with Gasteiger partial charge in [-0.1, -0.05) is 51.0 Å². The van der Waals surface area contributed by atoms with E-state index in [-0.39, 0.29) is 29.6 Å². The summed E-state index contributed by atoms with van der Waals surface area (Å²) in [5.74, 6) is -1.01. The lowest BCUT2D eigenvalue weighted by Crippen LogP contribution is -2.53. The number of ketones is 1. The number of carbonyl (C=O) groups excluding carboxylic acids is 3. The van der Waals surface area contributed by atoms with Gasteiger partial charge in [0.15, 0.2) is 5.78 Å². The quantitative estimate of drug-likeness (QED) is 0.503. The van der Waals surface area contributed by atoms with Gasteiger partial charge in [0.05, 0.1) is 18.5 Å². The van der Waals surface area contributed by atoms with Crippen LogP contribution in [-0.4, -0.2) is 47.7 Å². The van der Waals surface area contributed by atoms with Gasteiger partial charge < -0.3 is 10.6 Å². The number of halogens is 1. The number of rotatable bonds is 9. The predicted molar refractivity (Wildman–Crippen MR) is 146 cm³/mol. The van der Waals surface area contributed by atoms with Crippen molar-refractivity contribution in [2.45, 2.75) is 77.4 Å². The Morgan fingerprint density at radius 2 is 1.68 bits per heavy atom. The van der Waals surface area contributed by atoms with Gasteiger partial charge in [0.1, 0.15) is 5.82 Å². The topological polar surface area (TPSA) is 78.5 Å². The van der Waals surface area contributed by atoms with Gasteiger partial charge in [-0.05, 0) is 80.0 Å². The lowest BCUT2D eigenvalue weighted by Gasteiger charge is -2.33. The Morgan fingerprint density at radius 3 is 2.42 bits per heavy atom. The van der Waals surface area contributed by atoms with Gasteiger partial charge in [0, 0.05) is 18.2 Å². The Bertz CT molecular complexity index is 1120. The van der Waals surface area contributed by atoms with Crippen LogP contribution in [0.5, 0.6) is 0 Å². The average Bonchev–Trinajstić information content (AvgIpc) is 3.10. The maximum Gasteiger partial charge on any atom is 0.251 e. The Kier molecular flexibility index (Phi) is 9.67. The molecule has 0 bridgehead atoms. The van der Waals surface area contributed by atoms with E-state index in [9.17, 15) is 18.8 Å². The molecule has 204 valence electrons. The minimum absolute atomic E-state index is 0.0362. The van der Waals surface area contributed by atoms with Crippen LogP contribution in [0.3, 0.4) is 0 Å². The summed E-state index contributed by atoms with van der Waals surface area (Å²) in [5, 5.41) is 6.07. The monoisotopic (exact) mass is 521 g/mol. The van der Waals surface area contributed by atoms with E-state index in [1.807, 2.05) is 6.07 Å². The number of hydrogen-bond donors (Lipinski definition) is 2. The third-order valence-corrected chi connectivity index (χ3v) is 7.75. The lowest BCUT2D eigenvalue weighted by atomic mass is 9.83. The van der Waals surface area contributed by atoms with Crippen LogP contribution in [0, 0.1) is 17.7 Å². The minimum atomic E-state index is -0.559. The summed E-state index contributed by atoms with van der Waals surface area (Å²) < 4.78 is 13.3. The zero-order valence-electron chi connectivity index (χ0n) is 22.5. The highest BCUT2D eigenvalue weighted by Gasteiger charge is 2.34. The highest BCUT2D eigenvalue weighted by Crippen LogP contribution is 2.26. The van der Waals surface area contributed by atoms with E-state index in [1.165, 1.54) is 35.4 Å². The van der Waals surface area contributed by atoms with Crippen molar-refractivity contribution in [3.8, 4) is 0 Å². The third kappa shape index (κ3) is 7.50. The van der Waals surface area contributed by atoms with E-state index in [1.54, 1.807) is 0 Å². The molecule has 2 aromatic carbocycles. The van der Waals surface area contributed by atoms with Crippen molar-refractivity contribution in [1.29, 1.82) is 0 Å². The van der Waals surface area contributed by atoms with Crippen molar-refractivity contribution < 1.29 is 18.8 Å². The summed E-state index contributed by atoms with van der Waals surface area (Å²) in [4.78, 5) is 42.0. The number of Topliss-reactive ketones (excluding diaryl/α,β-unsaturated/α-hetero) is 1. The van der Waals surface area contributed by atoms with Gasteiger partial charge in [0.2, 0.25) is 5.91 Å². The molecule has 0 aromatic heterocycles. The van der Waals surface area contributed by atoms with Crippen LogP contribution in [0.25, 0.3) is 0 Å². The molecule has 1 aliphatic carbocycles. The van der Waals surface area contributed by atoms with Crippen LogP contribution in [0.1, 0.15) is 73.9 Å². The lowest BCUT2D eigenvalue weighted by molar-refractivity contribution is -0.132. The molecule has 7 heteroatoms. The smallest absolute Gasteiger partial charge is 0.251 e. The molecular weight excluding hydrogens is 481 g/mol. The van der Waals surface area contributed by atoms with E-state index in [2.05, 4.69) is 47.6 Å². The summed E-state index contributed by atoms with van der Waals surface area (Å²) in [5.41, 5.74) is 2.98. The predicted octanol–water partition coefficient (Wildman–Crippen LogP) is 4.66. The number of aryl methyl sites for hydroxylation is 1. The summed E-state index contributed by atoms with van der Waals surface area (Å²) in [6.45, 7) is 6.01. The van der Waals surface area contributed by atoms with E-state index in [0.717, 1.165) is 38.8 Å². The maximum atomic E-state index is 13.5. The van der Waals surface area contributed by atoms with E-state index in [4.69, 9.17) is 0 Å². The first kappa shape index (κ1) is 28.0. The normalized spacial score (nSPS) is 20.7. The van der Waals surface area contributed by atoms with Crippen molar-refractivity contribution in [3.63, 3.8) is 0 Å². The van der Waals surface area contributed by atoms with Crippen LogP contribution in [0.2, 0.25) is 0 Å². The summed E-state index contributed by atoms with van der Waals surface area (Å²) in [7, 11) is 0. The molecule has 2 aliphatic rings. The number of hydrogen-bond acceptors (Lipinski definition) is 4. The van der Waals surface area contributed by atoms with Gasteiger partial charge in [0.25, 0.3) is 5.91 Å². The zero-order chi connectivity index (χ0) is 27.1. The summed E-state index contributed by atoms with van der Waals surface area (Å²) >= 11 is 0. The molecule has 4 rings (SSSR count). The van der Waals surface area contributed by atoms with Crippen molar-refractivity contribution in [2.75, 3.05) is 13.1 Å². The standard InChI is InChI=1S/C31H40FN3O3/c1-21(2)18-28(29(36)20-35-17-7-10-22-8-3-4-9-24(22)19-35)34-31(38)26-11-5-6-12-27(26)33-30(37)23-13-15-25(32)16-14-23/h3-4,8-9,13-16,21,26-28H,5-7,10-12,17-20H2,1-2H3,(H,33,37)(H,34,38)/t26-,27+,28+/m1/s1. The molecule has 0 spiro atoms. The molecular formula is C31H40FN3O3. The highest BCUT2D eigenvalue weighted by atomic mass is 19.1. The van der Waals surface area contributed by atoms with Crippen molar-refractivity contribution in [2.24, 2.45) is 11.8 Å². The Balaban J connectivity index is 1.40. The van der Waals surface area contributed by atoms with Crippen LogP contribution < -0.4 is 10.6 Å². The van der Waals surface area contributed by atoms with Gasteiger partial charge in [-0.2, -0.15) is 0 Å². The number of nitrogens with zero attached hydrogens (tertiary/aromatic N) is 1. The maximum absolute atomic E-state index is 13.5. The summed E-state index contributed by atoms with van der Waals surface area (Å²) in [6, 6.07) is 12.9. The second kappa shape index (κ2) is 13.1. The molecule has 0 unspecified atom stereocenters. The molecule has 1 aliphatic heterocycles. The van der Waals surface area contributed by atoms with Crippen LogP contribution in [0.4, 0.5) is 4.39 Å². The number of benzene rings is 2. The first-order valence-electron chi connectivity index (χ1n) is 14.0. The van der Waals surface area contributed by atoms with E-state index < -0.39 is 17.8 Å². The first-order valence-corrected chi connectivity index (χ1v) is 14.0. The molecule has 6 nitrogen and oxygen atoms in total. The fourth-order valence-electron chi connectivity index (χ4n) is 5.73. The number of fused-ring (bicyclic) bond motifs is 1. The average molecular weight is 522 g/mol. The zero-order valence-corrected chi connectivity index (χ0v) is 22.5. The SMILES string of the molecule is CC(C)C[C@H](NC(=O)[C@@H]1CCCC[C@@H]1NC(=O)c1ccc(F)cc1)C(=O)CN1CCCc2ccccc2C1. The van der Waals surface area contributed by atoms with E-state index >= 15 is 0 Å². The fraction of sp³-hybridized carbons (Fsp3) is 0.516. The van der Waals surface area contributed by atoms with Gasteiger partial charge in [-0.3, -0.25) is 19.3 Å². The molecule has 1 fully saturated rings. The molecule has 3 atom stereocenters. The van der Waals surface area contributed by atoms with Crippen LogP contribution >= 0.6 is 0 Å². The molecule has 2 amide bonds. The molecule has 2 N–H and O–H groups in total. The second-order valence-electron chi connectivity index (χ2n) is 11.2. The molecule has 2 aromatic rings. The minimum Gasteiger partial charge on any atom is -0.349 e. The van der Waals surface area contributed by atoms with Crippen LogP contribution in [0.15, 0.2) is 48.5 Å². The largest absolute Gasteiger partial charge is 0.349 e. The highest BCUT2D eigenvalue weighted by molar-refractivity contribution is 5.95. The number of carbonyl (C=O) groups is 3. The van der Waals surface area contributed by atoms with Crippen molar-refractivity contribution in [3.05, 3.63) is 71.0 Å². The number of amides is 2. The molecule has 0 radical (unpaired) electrons. The molecule has 1 heterocycles. The fourth-order valence-corrected chi connectivity index (χ4v) is 5.73. The van der Waals surface area contributed by atoms with Crippen LogP contribution in [-0.2, 0) is 22.6 Å². The molecule has 38 heavy (non-hydrogen) atoms. The Morgan fingerprint density at radius 1 is 0.974 bits per heavy atom. The second-order valence-corrected chi connectivity index (χ2v) is 11.2. The van der Waals surface area contributed by atoms with Gasteiger partial charge in [-0.15, -0.1) is 0 Å².